The van der Waals surface area contributed by atoms with Crippen molar-refractivity contribution in [1.82, 2.24) is 15.1 Å². The monoisotopic (exact) mass is 315 g/mol. The van der Waals surface area contributed by atoms with E-state index in [1.54, 1.807) is 0 Å². The highest BCUT2D eigenvalue weighted by Crippen LogP contribution is 2.24. The summed E-state index contributed by atoms with van der Waals surface area (Å²) in [6.07, 6.45) is 5.34. The number of hydrogen-bond donors (Lipinski definition) is 1. The summed E-state index contributed by atoms with van der Waals surface area (Å²) in [6.45, 7) is 8.46. The minimum atomic E-state index is 0.685. The molecular weight excluding hydrogens is 282 g/mol. The van der Waals surface area contributed by atoms with Gasteiger partial charge in [-0.05, 0) is 64.2 Å². The summed E-state index contributed by atoms with van der Waals surface area (Å²) in [5.41, 5.74) is 1.45. The van der Waals surface area contributed by atoms with Crippen molar-refractivity contribution in [3.05, 3.63) is 35.9 Å². The lowest BCUT2D eigenvalue weighted by Gasteiger charge is -2.42. The highest BCUT2D eigenvalue weighted by atomic mass is 15.2. The zero-order valence-corrected chi connectivity index (χ0v) is 14.9. The standard InChI is InChI=1S/C20H33N3/c1-17-14-20(22(2)15-19-8-11-21-12-9-19)10-13-23(17)16-18-6-4-3-5-7-18/h3-7,17,19-21H,8-16H2,1-2H3. The van der Waals surface area contributed by atoms with Crippen molar-refractivity contribution in [2.75, 3.05) is 33.2 Å². The van der Waals surface area contributed by atoms with Crippen LogP contribution in [0, 0.1) is 5.92 Å². The first kappa shape index (κ1) is 16.9. The SMILES string of the molecule is CC1CC(N(C)CC2CCNCC2)CCN1Cc1ccccc1. The molecule has 2 fully saturated rings. The summed E-state index contributed by atoms with van der Waals surface area (Å²) in [7, 11) is 2.35. The Bertz CT molecular complexity index is 455. The Morgan fingerprint density at radius 1 is 1.13 bits per heavy atom. The zero-order chi connectivity index (χ0) is 16.1. The lowest BCUT2D eigenvalue weighted by molar-refractivity contribution is 0.0700. The maximum atomic E-state index is 3.48. The van der Waals surface area contributed by atoms with Gasteiger partial charge in [-0.3, -0.25) is 4.90 Å². The number of nitrogens with one attached hydrogen (secondary N) is 1. The molecule has 0 amide bonds. The first-order valence-electron chi connectivity index (χ1n) is 9.41. The molecule has 2 saturated heterocycles. The third kappa shape index (κ3) is 4.79. The molecule has 2 aliphatic heterocycles. The fourth-order valence-corrected chi connectivity index (χ4v) is 4.27. The van der Waals surface area contributed by atoms with Crippen molar-refractivity contribution in [3.63, 3.8) is 0 Å². The molecular formula is C20H33N3. The number of hydrogen-bond acceptors (Lipinski definition) is 3. The molecule has 2 heterocycles. The molecule has 1 aromatic carbocycles. The Hall–Kier alpha value is -0.900. The molecule has 0 aromatic heterocycles. The molecule has 0 saturated carbocycles. The van der Waals surface area contributed by atoms with Gasteiger partial charge in [0, 0.05) is 31.7 Å². The van der Waals surface area contributed by atoms with E-state index in [-0.39, 0.29) is 0 Å². The van der Waals surface area contributed by atoms with E-state index in [2.05, 4.69) is 59.4 Å². The first-order valence-corrected chi connectivity index (χ1v) is 9.41. The van der Waals surface area contributed by atoms with Crippen LogP contribution in [0.25, 0.3) is 0 Å². The van der Waals surface area contributed by atoms with Crippen molar-refractivity contribution >= 4 is 0 Å². The van der Waals surface area contributed by atoms with E-state index in [4.69, 9.17) is 0 Å². The van der Waals surface area contributed by atoms with Gasteiger partial charge in [0.15, 0.2) is 0 Å². The van der Waals surface area contributed by atoms with E-state index in [1.807, 2.05) is 0 Å². The van der Waals surface area contributed by atoms with Crippen LogP contribution in [0.4, 0.5) is 0 Å². The smallest absolute Gasteiger partial charge is 0.0236 e. The molecule has 1 N–H and O–H groups in total. The molecule has 3 heteroatoms. The van der Waals surface area contributed by atoms with Gasteiger partial charge in [0.25, 0.3) is 0 Å². The second-order valence-electron chi connectivity index (χ2n) is 7.62. The third-order valence-corrected chi connectivity index (χ3v) is 5.84. The van der Waals surface area contributed by atoms with Gasteiger partial charge in [-0.25, -0.2) is 0 Å². The highest BCUT2D eigenvalue weighted by molar-refractivity contribution is 5.14. The molecule has 2 aliphatic rings. The van der Waals surface area contributed by atoms with Crippen LogP contribution in [-0.4, -0.2) is 55.1 Å². The Morgan fingerprint density at radius 2 is 1.87 bits per heavy atom. The van der Waals surface area contributed by atoms with E-state index in [0.717, 1.165) is 18.5 Å². The summed E-state index contributed by atoms with van der Waals surface area (Å²) in [5, 5.41) is 3.48. The van der Waals surface area contributed by atoms with E-state index in [9.17, 15) is 0 Å². The van der Waals surface area contributed by atoms with Gasteiger partial charge in [0.1, 0.15) is 0 Å². The molecule has 3 nitrogen and oxygen atoms in total. The van der Waals surface area contributed by atoms with Crippen molar-refractivity contribution in [1.29, 1.82) is 0 Å². The minimum Gasteiger partial charge on any atom is -0.317 e. The summed E-state index contributed by atoms with van der Waals surface area (Å²) in [6, 6.07) is 12.4. The zero-order valence-electron chi connectivity index (χ0n) is 14.9. The normalized spacial score (nSPS) is 27.4. The Balaban J connectivity index is 1.47. The lowest BCUT2D eigenvalue weighted by Crippen LogP contribution is -2.49. The largest absolute Gasteiger partial charge is 0.317 e. The molecule has 2 atom stereocenters. The van der Waals surface area contributed by atoms with Crippen LogP contribution in [0.15, 0.2) is 30.3 Å². The summed E-state index contributed by atoms with van der Waals surface area (Å²) < 4.78 is 0. The predicted molar refractivity (Wildman–Crippen MR) is 97.6 cm³/mol. The van der Waals surface area contributed by atoms with Crippen molar-refractivity contribution < 1.29 is 0 Å². The summed E-state index contributed by atoms with van der Waals surface area (Å²) >= 11 is 0. The number of nitrogens with zero attached hydrogens (tertiary/aromatic N) is 2. The number of piperidine rings is 2. The van der Waals surface area contributed by atoms with Crippen molar-refractivity contribution in [2.45, 2.75) is 51.2 Å². The Kier molecular flexibility index (Phi) is 6.09. The van der Waals surface area contributed by atoms with Gasteiger partial charge in [-0.15, -0.1) is 0 Å². The van der Waals surface area contributed by atoms with E-state index >= 15 is 0 Å². The summed E-state index contributed by atoms with van der Waals surface area (Å²) in [5.74, 6) is 0.902. The second-order valence-corrected chi connectivity index (χ2v) is 7.62. The van der Waals surface area contributed by atoms with Crippen LogP contribution in [0.5, 0.6) is 0 Å². The van der Waals surface area contributed by atoms with Gasteiger partial charge in [0.05, 0.1) is 0 Å². The van der Waals surface area contributed by atoms with Gasteiger partial charge in [0.2, 0.25) is 0 Å². The van der Waals surface area contributed by atoms with Crippen LogP contribution >= 0.6 is 0 Å². The maximum Gasteiger partial charge on any atom is 0.0236 e. The fraction of sp³-hybridized carbons (Fsp3) is 0.700. The minimum absolute atomic E-state index is 0.685. The first-order chi connectivity index (χ1) is 11.2. The lowest BCUT2D eigenvalue weighted by atomic mass is 9.93. The Labute approximate surface area is 142 Å². The van der Waals surface area contributed by atoms with Crippen LogP contribution in [0.2, 0.25) is 0 Å². The van der Waals surface area contributed by atoms with E-state index in [0.29, 0.717) is 6.04 Å². The molecule has 23 heavy (non-hydrogen) atoms. The number of likely N-dealkylation sites (tertiary alicyclic amines) is 1. The molecule has 0 radical (unpaired) electrons. The topological polar surface area (TPSA) is 18.5 Å². The third-order valence-electron chi connectivity index (χ3n) is 5.84. The van der Waals surface area contributed by atoms with Crippen LogP contribution in [0.3, 0.4) is 0 Å². The number of rotatable bonds is 5. The molecule has 2 unspecified atom stereocenters. The molecule has 0 bridgehead atoms. The predicted octanol–water partition coefficient (Wildman–Crippen LogP) is 2.97. The molecule has 1 aromatic rings. The van der Waals surface area contributed by atoms with Crippen LogP contribution < -0.4 is 5.32 Å². The van der Waals surface area contributed by atoms with Gasteiger partial charge in [-0.2, -0.15) is 0 Å². The van der Waals surface area contributed by atoms with Crippen molar-refractivity contribution in [2.24, 2.45) is 5.92 Å². The number of benzene rings is 1. The fourth-order valence-electron chi connectivity index (χ4n) is 4.27. The van der Waals surface area contributed by atoms with Gasteiger partial charge < -0.3 is 10.2 Å². The molecule has 0 aliphatic carbocycles. The average Bonchev–Trinajstić information content (AvgIpc) is 2.58. The molecule has 3 rings (SSSR count). The van der Waals surface area contributed by atoms with E-state index < -0.39 is 0 Å². The highest BCUT2D eigenvalue weighted by Gasteiger charge is 2.28. The molecule has 128 valence electrons. The molecule has 0 spiro atoms. The van der Waals surface area contributed by atoms with Crippen molar-refractivity contribution in [3.8, 4) is 0 Å². The van der Waals surface area contributed by atoms with Gasteiger partial charge in [-0.1, -0.05) is 30.3 Å². The van der Waals surface area contributed by atoms with Gasteiger partial charge >= 0.3 is 0 Å². The van der Waals surface area contributed by atoms with Crippen LogP contribution in [-0.2, 0) is 6.54 Å². The summed E-state index contributed by atoms with van der Waals surface area (Å²) in [4.78, 5) is 5.32. The Morgan fingerprint density at radius 3 is 2.57 bits per heavy atom. The average molecular weight is 316 g/mol. The quantitative estimate of drug-likeness (QED) is 0.901. The van der Waals surface area contributed by atoms with E-state index in [1.165, 1.54) is 57.4 Å². The van der Waals surface area contributed by atoms with Crippen LogP contribution in [0.1, 0.15) is 38.2 Å². The second kappa shape index (κ2) is 8.27. The maximum absolute atomic E-state index is 3.48.